The maximum atomic E-state index is 11.0. The van der Waals surface area contributed by atoms with Crippen LogP contribution < -0.4 is 5.32 Å². The summed E-state index contributed by atoms with van der Waals surface area (Å²) in [6, 6.07) is 3.77. The van der Waals surface area contributed by atoms with E-state index in [0.717, 1.165) is 5.56 Å². The third kappa shape index (κ3) is 2.37. The summed E-state index contributed by atoms with van der Waals surface area (Å²) in [5, 5.41) is 23.7. The number of hydrogen-bond donors (Lipinski definition) is 2. The Morgan fingerprint density at radius 2 is 2.15 bits per heavy atom. The van der Waals surface area contributed by atoms with Crippen LogP contribution in [0.5, 0.6) is 0 Å². The Morgan fingerprint density at radius 1 is 1.45 bits per heavy atom. The van der Waals surface area contributed by atoms with E-state index < -0.39 is 16.9 Å². The van der Waals surface area contributed by atoms with E-state index in [4.69, 9.17) is 5.11 Å². The fourth-order valence-electron chi connectivity index (χ4n) is 1.99. The molecule has 1 unspecified atom stereocenters. The molecule has 0 aliphatic heterocycles. The van der Waals surface area contributed by atoms with E-state index in [1.165, 1.54) is 19.2 Å². The third-order valence-corrected chi connectivity index (χ3v) is 3.03. The minimum absolute atomic E-state index is 0.0287. The number of aryl methyl sites for hydroxylation is 1. The molecule has 0 radical (unpaired) electrons. The van der Waals surface area contributed by atoms with Crippen LogP contribution >= 0.6 is 0 Å². The van der Waals surface area contributed by atoms with Crippen molar-refractivity contribution in [2.75, 3.05) is 5.32 Å². The Morgan fingerprint density at radius 3 is 2.75 bits per heavy atom. The zero-order valence-electron chi connectivity index (χ0n) is 11.0. The number of fused-ring (bicyclic) bond motifs is 1. The van der Waals surface area contributed by atoms with E-state index in [-0.39, 0.29) is 5.69 Å². The van der Waals surface area contributed by atoms with Gasteiger partial charge in [0.2, 0.25) is 0 Å². The quantitative estimate of drug-likeness (QED) is 0.655. The van der Waals surface area contributed by atoms with Crippen LogP contribution in [-0.4, -0.2) is 27.0 Å². The lowest BCUT2D eigenvalue weighted by Gasteiger charge is -2.13. The molecule has 0 saturated heterocycles. The maximum Gasteiger partial charge on any atom is 0.325 e. The van der Waals surface area contributed by atoms with Crippen molar-refractivity contribution in [1.82, 2.24) is 4.98 Å². The molecule has 1 aromatic carbocycles. The first-order valence-electron chi connectivity index (χ1n) is 5.94. The summed E-state index contributed by atoms with van der Waals surface area (Å²) in [4.78, 5) is 25.6. The molecule has 1 atom stereocenters. The van der Waals surface area contributed by atoms with Crippen molar-refractivity contribution >= 4 is 28.2 Å². The molecule has 0 bridgehead atoms. The summed E-state index contributed by atoms with van der Waals surface area (Å²) in [5.74, 6) is -0.689. The summed E-state index contributed by atoms with van der Waals surface area (Å²) in [6.07, 6.45) is 1.42. The molecule has 0 fully saturated rings. The highest BCUT2D eigenvalue weighted by Gasteiger charge is 2.18. The molecule has 7 heteroatoms. The van der Waals surface area contributed by atoms with Crippen LogP contribution in [-0.2, 0) is 4.79 Å². The Bertz CT molecular complexity index is 699. The number of aromatic nitrogens is 1. The molecule has 20 heavy (non-hydrogen) atoms. The molecule has 7 nitrogen and oxygen atoms in total. The van der Waals surface area contributed by atoms with E-state index in [1.54, 1.807) is 19.1 Å². The maximum absolute atomic E-state index is 11.0. The van der Waals surface area contributed by atoms with Crippen molar-refractivity contribution in [3.8, 4) is 0 Å². The van der Waals surface area contributed by atoms with Gasteiger partial charge in [0.05, 0.1) is 10.3 Å². The van der Waals surface area contributed by atoms with Gasteiger partial charge in [-0.25, -0.2) is 4.98 Å². The van der Waals surface area contributed by atoms with Gasteiger partial charge in [-0.15, -0.1) is 0 Å². The first kappa shape index (κ1) is 13.7. The van der Waals surface area contributed by atoms with Crippen molar-refractivity contribution in [3.63, 3.8) is 0 Å². The molecule has 1 aromatic heterocycles. The highest BCUT2D eigenvalue weighted by Crippen LogP contribution is 2.32. The van der Waals surface area contributed by atoms with E-state index in [0.29, 0.717) is 16.6 Å². The molecule has 104 valence electrons. The van der Waals surface area contributed by atoms with Gasteiger partial charge in [-0.1, -0.05) is 6.07 Å². The van der Waals surface area contributed by atoms with Crippen molar-refractivity contribution < 1.29 is 14.8 Å². The molecule has 0 amide bonds. The number of carboxylic acids is 1. The number of hydrogen-bond acceptors (Lipinski definition) is 5. The Balaban J connectivity index is 2.65. The standard InChI is InChI=1S/C13H13N3O4/c1-7-3-4-10(16(19)20)9-5-6-14-12(11(7)9)15-8(2)13(17)18/h3-6,8H,1-2H3,(H,14,15)(H,17,18). The lowest BCUT2D eigenvalue weighted by atomic mass is 10.0. The van der Waals surface area contributed by atoms with Crippen LogP contribution in [0.25, 0.3) is 10.8 Å². The number of non-ortho nitro benzene ring substituents is 1. The molecule has 0 aliphatic rings. The van der Waals surface area contributed by atoms with Crippen LogP contribution in [0.2, 0.25) is 0 Å². The zero-order valence-corrected chi connectivity index (χ0v) is 11.0. The van der Waals surface area contributed by atoms with E-state index in [9.17, 15) is 14.9 Å². The van der Waals surface area contributed by atoms with E-state index in [2.05, 4.69) is 10.3 Å². The lowest BCUT2D eigenvalue weighted by molar-refractivity contribution is -0.383. The summed E-state index contributed by atoms with van der Waals surface area (Å²) >= 11 is 0. The zero-order chi connectivity index (χ0) is 14.9. The molecule has 2 N–H and O–H groups in total. The first-order valence-corrected chi connectivity index (χ1v) is 5.94. The summed E-state index contributed by atoms with van der Waals surface area (Å²) in [5.41, 5.74) is 0.762. The molecule has 2 aromatic rings. The van der Waals surface area contributed by atoms with Gasteiger partial charge < -0.3 is 10.4 Å². The average molecular weight is 275 g/mol. The Hall–Kier alpha value is -2.70. The molecule has 0 aliphatic carbocycles. The number of nitrogens with one attached hydrogen (secondary N) is 1. The molecular weight excluding hydrogens is 262 g/mol. The fraction of sp³-hybridized carbons (Fsp3) is 0.231. The Kier molecular flexibility index (Phi) is 3.51. The van der Waals surface area contributed by atoms with Gasteiger partial charge in [0.1, 0.15) is 11.9 Å². The third-order valence-electron chi connectivity index (χ3n) is 3.03. The second-order valence-electron chi connectivity index (χ2n) is 4.45. The van der Waals surface area contributed by atoms with Gasteiger partial charge in [-0.2, -0.15) is 0 Å². The molecule has 2 rings (SSSR count). The van der Waals surface area contributed by atoms with Crippen LogP contribution in [0.1, 0.15) is 12.5 Å². The number of carbonyl (C=O) groups is 1. The number of rotatable bonds is 4. The number of anilines is 1. The van der Waals surface area contributed by atoms with Crippen LogP contribution in [0.4, 0.5) is 11.5 Å². The SMILES string of the molecule is Cc1ccc([N+](=O)[O-])c2ccnc(NC(C)C(=O)O)c12. The smallest absolute Gasteiger partial charge is 0.325 e. The van der Waals surface area contributed by atoms with Gasteiger partial charge >= 0.3 is 5.97 Å². The number of benzene rings is 1. The highest BCUT2D eigenvalue weighted by molar-refractivity contribution is 6.00. The molecular formula is C13H13N3O4. The van der Waals surface area contributed by atoms with Crippen molar-refractivity contribution in [2.45, 2.75) is 19.9 Å². The number of nitro benzene ring substituents is 1. The van der Waals surface area contributed by atoms with E-state index >= 15 is 0 Å². The number of nitrogens with zero attached hydrogens (tertiary/aromatic N) is 2. The minimum atomic E-state index is -1.02. The monoisotopic (exact) mass is 275 g/mol. The normalized spacial score (nSPS) is 12.1. The van der Waals surface area contributed by atoms with Gasteiger partial charge in [-0.05, 0) is 25.5 Å². The first-order chi connectivity index (χ1) is 9.41. The van der Waals surface area contributed by atoms with Crippen LogP contribution in [0.3, 0.4) is 0 Å². The predicted molar refractivity (Wildman–Crippen MR) is 73.9 cm³/mol. The van der Waals surface area contributed by atoms with Crippen molar-refractivity contribution in [3.05, 3.63) is 40.1 Å². The predicted octanol–water partition coefficient (Wildman–Crippen LogP) is 2.34. The summed E-state index contributed by atoms with van der Waals surface area (Å²) in [6.45, 7) is 3.28. The molecule has 1 heterocycles. The molecule has 0 spiro atoms. The van der Waals surface area contributed by atoms with Gasteiger partial charge in [0.15, 0.2) is 0 Å². The Labute approximate surface area is 114 Å². The van der Waals surface area contributed by atoms with Gasteiger partial charge in [0.25, 0.3) is 5.69 Å². The largest absolute Gasteiger partial charge is 0.480 e. The topological polar surface area (TPSA) is 105 Å². The number of aliphatic carboxylic acids is 1. The summed E-state index contributed by atoms with van der Waals surface area (Å²) in [7, 11) is 0. The second kappa shape index (κ2) is 5.12. The van der Waals surface area contributed by atoms with Crippen LogP contribution in [0, 0.1) is 17.0 Å². The van der Waals surface area contributed by atoms with Crippen molar-refractivity contribution in [1.29, 1.82) is 0 Å². The van der Waals surface area contributed by atoms with Crippen LogP contribution in [0.15, 0.2) is 24.4 Å². The second-order valence-corrected chi connectivity index (χ2v) is 4.45. The highest BCUT2D eigenvalue weighted by atomic mass is 16.6. The van der Waals surface area contributed by atoms with Gasteiger partial charge in [-0.3, -0.25) is 14.9 Å². The van der Waals surface area contributed by atoms with Crippen molar-refractivity contribution in [2.24, 2.45) is 0 Å². The number of carboxylic acid groups (broad SMARTS) is 1. The number of nitro groups is 1. The number of pyridine rings is 1. The molecule has 0 saturated carbocycles. The van der Waals surface area contributed by atoms with Gasteiger partial charge in [0, 0.05) is 17.6 Å². The lowest BCUT2D eigenvalue weighted by Crippen LogP contribution is -2.26. The fourth-order valence-corrected chi connectivity index (χ4v) is 1.99. The summed E-state index contributed by atoms with van der Waals surface area (Å²) < 4.78 is 0. The average Bonchev–Trinajstić information content (AvgIpc) is 2.38. The minimum Gasteiger partial charge on any atom is -0.480 e. The van der Waals surface area contributed by atoms with E-state index in [1.807, 2.05) is 0 Å².